The van der Waals surface area contributed by atoms with Gasteiger partial charge in [-0.1, -0.05) is 0 Å². The van der Waals surface area contributed by atoms with Crippen LogP contribution in [0.3, 0.4) is 0 Å². The summed E-state index contributed by atoms with van der Waals surface area (Å²) in [4.78, 5) is 16.1. The summed E-state index contributed by atoms with van der Waals surface area (Å²) in [6.45, 7) is 1.95. The number of nitrogens with zero attached hydrogens (tertiary/aromatic N) is 3. The van der Waals surface area contributed by atoms with Crippen LogP contribution in [0.4, 0.5) is 0 Å². The topological polar surface area (TPSA) is 68.5 Å². The van der Waals surface area contributed by atoms with E-state index in [9.17, 15) is 4.79 Å². The van der Waals surface area contributed by atoms with Crippen molar-refractivity contribution < 1.29 is 9.53 Å². The molecule has 0 aromatic carbocycles. The Hall–Kier alpha value is -1.95. The second-order valence-corrected chi connectivity index (χ2v) is 4.72. The summed E-state index contributed by atoms with van der Waals surface area (Å²) in [5.41, 5.74) is 2.28. The number of pyridine rings is 1. The number of rotatable bonds is 2. The number of esters is 1. The SMILES string of the molecule is COC(=O)c1cc2ncnn2cc1C1CCNCC1. The van der Waals surface area contributed by atoms with Crippen LogP contribution in [0.5, 0.6) is 0 Å². The minimum absolute atomic E-state index is 0.306. The first-order valence-electron chi connectivity index (χ1n) is 6.42. The van der Waals surface area contributed by atoms with Gasteiger partial charge in [0, 0.05) is 6.20 Å². The van der Waals surface area contributed by atoms with Crippen LogP contribution in [-0.2, 0) is 4.74 Å². The van der Waals surface area contributed by atoms with Crippen LogP contribution >= 0.6 is 0 Å². The molecule has 1 N–H and O–H groups in total. The van der Waals surface area contributed by atoms with E-state index in [1.165, 1.54) is 13.4 Å². The minimum atomic E-state index is -0.306. The van der Waals surface area contributed by atoms with Gasteiger partial charge in [0.2, 0.25) is 0 Å². The maximum absolute atomic E-state index is 11.9. The zero-order valence-corrected chi connectivity index (χ0v) is 10.8. The van der Waals surface area contributed by atoms with Crippen LogP contribution in [0.2, 0.25) is 0 Å². The highest BCUT2D eigenvalue weighted by Gasteiger charge is 2.23. The Bertz CT molecular complexity index is 602. The number of hydrogen-bond donors (Lipinski definition) is 1. The van der Waals surface area contributed by atoms with Gasteiger partial charge < -0.3 is 10.1 Å². The fourth-order valence-corrected chi connectivity index (χ4v) is 2.62. The van der Waals surface area contributed by atoms with Gasteiger partial charge in [0.1, 0.15) is 6.33 Å². The number of nitrogens with one attached hydrogen (secondary N) is 1. The van der Waals surface area contributed by atoms with Gasteiger partial charge in [-0.15, -0.1) is 0 Å². The van der Waals surface area contributed by atoms with E-state index < -0.39 is 0 Å². The van der Waals surface area contributed by atoms with Gasteiger partial charge in [0.15, 0.2) is 5.65 Å². The number of aromatic nitrogens is 3. The molecule has 0 atom stereocenters. The van der Waals surface area contributed by atoms with Crippen molar-refractivity contribution in [3.63, 3.8) is 0 Å². The third-order valence-electron chi connectivity index (χ3n) is 3.63. The molecule has 3 heterocycles. The minimum Gasteiger partial charge on any atom is -0.465 e. The van der Waals surface area contributed by atoms with Crippen molar-refractivity contribution in [2.75, 3.05) is 20.2 Å². The standard InChI is InChI=1S/C13H16N4O2/c1-19-13(18)10-6-12-15-8-16-17(12)7-11(10)9-2-4-14-5-3-9/h6-9,14H,2-5H2,1H3. The molecule has 0 saturated carbocycles. The number of fused-ring (bicyclic) bond motifs is 1. The highest BCUT2D eigenvalue weighted by molar-refractivity contribution is 5.92. The lowest BCUT2D eigenvalue weighted by molar-refractivity contribution is 0.0598. The molecule has 1 aliphatic heterocycles. The van der Waals surface area contributed by atoms with Gasteiger partial charge in [-0.2, -0.15) is 5.10 Å². The van der Waals surface area contributed by atoms with Crippen LogP contribution < -0.4 is 5.32 Å². The van der Waals surface area contributed by atoms with E-state index in [0.29, 0.717) is 17.1 Å². The number of hydrogen-bond acceptors (Lipinski definition) is 5. The zero-order chi connectivity index (χ0) is 13.2. The monoisotopic (exact) mass is 260 g/mol. The van der Waals surface area contributed by atoms with Crippen molar-refractivity contribution in [1.29, 1.82) is 0 Å². The summed E-state index contributed by atoms with van der Waals surface area (Å²) in [5.74, 6) is 0.0583. The predicted octanol–water partition coefficient (Wildman–Crippen LogP) is 0.983. The van der Waals surface area contributed by atoms with E-state index in [-0.39, 0.29) is 5.97 Å². The average molecular weight is 260 g/mol. The van der Waals surface area contributed by atoms with E-state index in [1.54, 1.807) is 10.6 Å². The summed E-state index contributed by atoms with van der Waals surface area (Å²) in [5, 5.41) is 7.47. The first-order valence-corrected chi connectivity index (χ1v) is 6.42. The maximum atomic E-state index is 11.9. The molecule has 0 aliphatic carbocycles. The molecule has 2 aromatic rings. The molecule has 1 fully saturated rings. The molecule has 3 rings (SSSR count). The van der Waals surface area contributed by atoms with Crippen LogP contribution in [0.25, 0.3) is 5.65 Å². The number of ether oxygens (including phenoxy) is 1. The van der Waals surface area contributed by atoms with Gasteiger partial charge in [0.05, 0.1) is 12.7 Å². The maximum Gasteiger partial charge on any atom is 0.338 e. The van der Waals surface area contributed by atoms with Crippen molar-refractivity contribution in [3.05, 3.63) is 29.7 Å². The first kappa shape index (κ1) is 12.1. The second-order valence-electron chi connectivity index (χ2n) is 4.72. The van der Waals surface area contributed by atoms with Gasteiger partial charge in [0.25, 0.3) is 0 Å². The number of methoxy groups -OCH3 is 1. The largest absolute Gasteiger partial charge is 0.465 e. The Kier molecular flexibility index (Phi) is 3.16. The summed E-state index contributed by atoms with van der Waals surface area (Å²) < 4.78 is 6.59. The predicted molar refractivity (Wildman–Crippen MR) is 69.2 cm³/mol. The van der Waals surface area contributed by atoms with E-state index in [0.717, 1.165) is 31.5 Å². The lowest BCUT2D eigenvalue weighted by Gasteiger charge is -2.24. The molecule has 0 radical (unpaired) electrons. The molecule has 6 heteroatoms. The summed E-state index contributed by atoms with van der Waals surface area (Å²) >= 11 is 0. The Morgan fingerprint density at radius 1 is 1.47 bits per heavy atom. The van der Waals surface area contributed by atoms with Gasteiger partial charge in [-0.3, -0.25) is 0 Å². The van der Waals surface area contributed by atoms with Crippen LogP contribution in [0.15, 0.2) is 18.6 Å². The van der Waals surface area contributed by atoms with E-state index in [1.807, 2.05) is 6.20 Å². The first-order chi connectivity index (χ1) is 9.29. The number of carbonyl (C=O) groups is 1. The summed E-state index contributed by atoms with van der Waals surface area (Å²) in [6.07, 6.45) is 5.43. The van der Waals surface area contributed by atoms with Crippen LogP contribution in [-0.4, -0.2) is 40.8 Å². The molecule has 1 aliphatic rings. The number of piperidine rings is 1. The van der Waals surface area contributed by atoms with Crippen molar-refractivity contribution in [2.24, 2.45) is 0 Å². The van der Waals surface area contributed by atoms with E-state index in [2.05, 4.69) is 15.4 Å². The zero-order valence-electron chi connectivity index (χ0n) is 10.8. The third-order valence-corrected chi connectivity index (χ3v) is 3.63. The van der Waals surface area contributed by atoms with Crippen molar-refractivity contribution in [2.45, 2.75) is 18.8 Å². The molecular weight excluding hydrogens is 244 g/mol. The smallest absolute Gasteiger partial charge is 0.338 e. The lowest BCUT2D eigenvalue weighted by Crippen LogP contribution is -2.27. The molecule has 0 unspecified atom stereocenters. The molecule has 100 valence electrons. The Morgan fingerprint density at radius 2 is 2.26 bits per heavy atom. The summed E-state index contributed by atoms with van der Waals surface area (Å²) in [6, 6.07) is 1.76. The third kappa shape index (κ3) is 2.19. The average Bonchev–Trinajstić information content (AvgIpc) is 2.93. The fourth-order valence-electron chi connectivity index (χ4n) is 2.62. The Balaban J connectivity index is 2.10. The molecule has 19 heavy (non-hydrogen) atoms. The van der Waals surface area contributed by atoms with Crippen LogP contribution in [0, 0.1) is 0 Å². The molecule has 2 aromatic heterocycles. The van der Waals surface area contributed by atoms with Crippen molar-refractivity contribution in [1.82, 2.24) is 19.9 Å². The van der Waals surface area contributed by atoms with Crippen LogP contribution in [0.1, 0.15) is 34.7 Å². The van der Waals surface area contributed by atoms with Crippen molar-refractivity contribution >= 4 is 11.6 Å². The van der Waals surface area contributed by atoms with Gasteiger partial charge in [-0.25, -0.2) is 14.3 Å². The Morgan fingerprint density at radius 3 is 3.00 bits per heavy atom. The molecule has 0 amide bonds. The molecule has 0 spiro atoms. The van der Waals surface area contributed by atoms with Gasteiger partial charge >= 0.3 is 5.97 Å². The molecule has 6 nitrogen and oxygen atoms in total. The summed E-state index contributed by atoms with van der Waals surface area (Å²) in [7, 11) is 1.41. The fraction of sp³-hybridized carbons (Fsp3) is 0.462. The quantitative estimate of drug-likeness (QED) is 0.815. The second kappa shape index (κ2) is 4.97. The van der Waals surface area contributed by atoms with E-state index >= 15 is 0 Å². The molecule has 1 saturated heterocycles. The lowest BCUT2D eigenvalue weighted by atomic mass is 9.88. The highest BCUT2D eigenvalue weighted by atomic mass is 16.5. The number of carbonyl (C=O) groups excluding carboxylic acids is 1. The van der Waals surface area contributed by atoms with Crippen molar-refractivity contribution in [3.8, 4) is 0 Å². The molecule has 0 bridgehead atoms. The highest BCUT2D eigenvalue weighted by Crippen LogP contribution is 2.28. The normalized spacial score (nSPS) is 16.7. The van der Waals surface area contributed by atoms with Gasteiger partial charge in [-0.05, 0) is 43.5 Å². The van der Waals surface area contributed by atoms with E-state index in [4.69, 9.17) is 4.74 Å². The Labute approximate surface area is 110 Å². The molecular formula is C13H16N4O2.